The smallest absolute Gasteiger partial charge is 0.417 e. The van der Waals surface area contributed by atoms with Crippen molar-refractivity contribution in [3.63, 3.8) is 0 Å². The summed E-state index contributed by atoms with van der Waals surface area (Å²) in [6.07, 6.45) is -1.64. The Bertz CT molecular complexity index is 727. The molecule has 0 unspecified atom stereocenters. The third kappa shape index (κ3) is 7.83. The van der Waals surface area contributed by atoms with E-state index in [2.05, 4.69) is 20.6 Å². The molecule has 2 aromatic rings. The minimum Gasteiger partial charge on any atom is -0.477 e. The second-order valence-electron chi connectivity index (χ2n) is 5.14. The molecule has 0 fully saturated rings. The number of ether oxygens (including phenoxy) is 1. The summed E-state index contributed by atoms with van der Waals surface area (Å²) in [5.41, 5.74) is -0.914. The SMILES string of the molecule is CN=C(NCCCOc1ncc(C(F)(F)F)cc1Cl)NCc1ccco1.I. The highest BCUT2D eigenvalue weighted by atomic mass is 127. The molecule has 0 radical (unpaired) electrons. The van der Waals surface area contributed by atoms with Gasteiger partial charge in [0.25, 0.3) is 0 Å². The molecular weight excluding hydrogens is 500 g/mol. The Morgan fingerprint density at radius 2 is 2.15 bits per heavy atom. The number of guanidine groups is 1. The van der Waals surface area contributed by atoms with Crippen LogP contribution >= 0.6 is 35.6 Å². The predicted octanol–water partition coefficient (Wildman–Crippen LogP) is 4.10. The zero-order valence-corrected chi connectivity index (χ0v) is 17.4. The third-order valence-corrected chi connectivity index (χ3v) is 3.49. The van der Waals surface area contributed by atoms with Crippen LogP contribution < -0.4 is 15.4 Å². The number of nitrogens with one attached hydrogen (secondary N) is 2. The van der Waals surface area contributed by atoms with E-state index in [0.717, 1.165) is 11.8 Å². The summed E-state index contributed by atoms with van der Waals surface area (Å²) < 4.78 is 48.1. The van der Waals surface area contributed by atoms with Crippen molar-refractivity contribution >= 4 is 41.5 Å². The van der Waals surface area contributed by atoms with Gasteiger partial charge in [-0.3, -0.25) is 4.99 Å². The highest BCUT2D eigenvalue weighted by Crippen LogP contribution is 2.33. The molecule has 2 heterocycles. The summed E-state index contributed by atoms with van der Waals surface area (Å²) in [4.78, 5) is 7.67. The number of alkyl halides is 3. The standard InChI is InChI=1S/C16H18ClF3N4O2.HI/c1-21-15(24-10-12-4-2-6-25-12)22-5-3-7-26-14-13(17)8-11(9-23-14)16(18,19)20;/h2,4,6,8-9H,3,5,7,10H2,1H3,(H2,21,22,24);1H. The molecule has 0 amide bonds. The molecule has 2 N–H and O–H groups in total. The number of pyridine rings is 1. The second kappa shape index (κ2) is 11.2. The van der Waals surface area contributed by atoms with E-state index in [9.17, 15) is 13.2 Å². The van der Waals surface area contributed by atoms with Crippen molar-refractivity contribution in [2.24, 2.45) is 4.99 Å². The first-order valence-electron chi connectivity index (χ1n) is 7.72. The Morgan fingerprint density at radius 3 is 2.74 bits per heavy atom. The summed E-state index contributed by atoms with van der Waals surface area (Å²) in [6.45, 7) is 1.27. The van der Waals surface area contributed by atoms with Crippen LogP contribution in [0.5, 0.6) is 5.88 Å². The van der Waals surface area contributed by atoms with Gasteiger partial charge in [-0.2, -0.15) is 13.2 Å². The topological polar surface area (TPSA) is 71.7 Å². The lowest BCUT2D eigenvalue weighted by molar-refractivity contribution is -0.137. The van der Waals surface area contributed by atoms with Gasteiger partial charge in [-0.05, 0) is 24.6 Å². The largest absolute Gasteiger partial charge is 0.477 e. The average molecular weight is 519 g/mol. The first-order chi connectivity index (χ1) is 12.4. The summed E-state index contributed by atoms with van der Waals surface area (Å²) in [5.74, 6) is 1.34. The zero-order valence-electron chi connectivity index (χ0n) is 14.3. The highest BCUT2D eigenvalue weighted by Gasteiger charge is 2.31. The summed E-state index contributed by atoms with van der Waals surface area (Å²) >= 11 is 5.77. The van der Waals surface area contributed by atoms with Crippen LogP contribution in [0.15, 0.2) is 40.1 Å². The Kier molecular flexibility index (Phi) is 9.70. The lowest BCUT2D eigenvalue weighted by atomic mass is 10.3. The minimum absolute atomic E-state index is 0. The average Bonchev–Trinajstić information content (AvgIpc) is 3.11. The molecule has 2 rings (SSSR count). The molecule has 2 aromatic heterocycles. The van der Waals surface area contributed by atoms with Gasteiger partial charge in [0.05, 0.1) is 25.0 Å². The number of hydrogen-bond acceptors (Lipinski definition) is 4. The number of hydrogen-bond donors (Lipinski definition) is 2. The van der Waals surface area contributed by atoms with Gasteiger partial charge in [0.2, 0.25) is 5.88 Å². The molecule has 0 atom stereocenters. The fourth-order valence-electron chi connectivity index (χ4n) is 1.94. The lowest BCUT2D eigenvalue weighted by Gasteiger charge is -2.12. The van der Waals surface area contributed by atoms with Crippen molar-refractivity contribution < 1.29 is 22.3 Å². The molecule has 0 bridgehead atoms. The van der Waals surface area contributed by atoms with E-state index >= 15 is 0 Å². The van der Waals surface area contributed by atoms with Crippen molar-refractivity contribution in [3.05, 3.63) is 47.0 Å². The zero-order chi connectivity index (χ0) is 19.0. The Balaban J connectivity index is 0.00000364. The molecule has 0 aliphatic carbocycles. The van der Waals surface area contributed by atoms with Crippen molar-refractivity contribution in [1.82, 2.24) is 15.6 Å². The maximum Gasteiger partial charge on any atom is 0.417 e. The lowest BCUT2D eigenvalue weighted by Crippen LogP contribution is -2.37. The Labute approximate surface area is 176 Å². The fourth-order valence-corrected chi connectivity index (χ4v) is 2.16. The molecule has 0 aliphatic heterocycles. The van der Waals surface area contributed by atoms with Gasteiger partial charge < -0.3 is 19.8 Å². The number of rotatable bonds is 7. The summed E-state index contributed by atoms with van der Waals surface area (Å²) in [7, 11) is 1.64. The van der Waals surface area contributed by atoms with Gasteiger partial charge in [0.15, 0.2) is 5.96 Å². The van der Waals surface area contributed by atoms with Crippen LogP contribution in [0.1, 0.15) is 17.7 Å². The quantitative estimate of drug-likeness (QED) is 0.250. The van der Waals surface area contributed by atoms with E-state index in [0.29, 0.717) is 31.7 Å². The van der Waals surface area contributed by atoms with Crippen LogP contribution in [-0.2, 0) is 12.7 Å². The van der Waals surface area contributed by atoms with E-state index in [1.165, 1.54) is 0 Å². The minimum atomic E-state index is -4.49. The molecular formula is C16H19ClF3IN4O2. The molecule has 6 nitrogen and oxygen atoms in total. The van der Waals surface area contributed by atoms with Crippen molar-refractivity contribution in [1.29, 1.82) is 0 Å². The number of halogens is 5. The summed E-state index contributed by atoms with van der Waals surface area (Å²) in [6, 6.07) is 4.43. The van der Waals surface area contributed by atoms with E-state index in [1.807, 2.05) is 6.07 Å². The van der Waals surface area contributed by atoms with Gasteiger partial charge in [-0.25, -0.2) is 4.98 Å². The van der Waals surface area contributed by atoms with E-state index in [-0.39, 0.29) is 41.5 Å². The maximum absolute atomic E-state index is 12.5. The number of furan rings is 1. The van der Waals surface area contributed by atoms with Crippen molar-refractivity contribution in [2.45, 2.75) is 19.1 Å². The van der Waals surface area contributed by atoms with E-state index in [1.54, 1.807) is 19.4 Å². The first-order valence-corrected chi connectivity index (χ1v) is 8.10. The van der Waals surface area contributed by atoms with Gasteiger partial charge >= 0.3 is 6.18 Å². The monoisotopic (exact) mass is 518 g/mol. The number of nitrogens with zero attached hydrogens (tertiary/aromatic N) is 2. The molecule has 11 heteroatoms. The predicted molar refractivity (Wildman–Crippen MR) is 107 cm³/mol. The van der Waals surface area contributed by atoms with Crippen LogP contribution in [0.3, 0.4) is 0 Å². The molecule has 27 heavy (non-hydrogen) atoms. The van der Waals surface area contributed by atoms with E-state index < -0.39 is 11.7 Å². The normalized spacial score (nSPS) is 11.7. The maximum atomic E-state index is 12.5. The van der Waals surface area contributed by atoms with Crippen LogP contribution in [-0.4, -0.2) is 31.1 Å². The molecule has 0 saturated carbocycles. The second-order valence-corrected chi connectivity index (χ2v) is 5.55. The van der Waals surface area contributed by atoms with Gasteiger partial charge in [-0.15, -0.1) is 24.0 Å². The van der Waals surface area contributed by atoms with Crippen molar-refractivity contribution in [2.75, 3.05) is 20.2 Å². The van der Waals surface area contributed by atoms with Gasteiger partial charge in [-0.1, -0.05) is 11.6 Å². The first kappa shape index (κ1) is 23.3. The fraction of sp³-hybridized carbons (Fsp3) is 0.375. The van der Waals surface area contributed by atoms with Crippen LogP contribution in [0.2, 0.25) is 5.02 Å². The van der Waals surface area contributed by atoms with Gasteiger partial charge in [0, 0.05) is 19.8 Å². The molecule has 0 saturated heterocycles. The van der Waals surface area contributed by atoms with Crippen LogP contribution in [0.4, 0.5) is 13.2 Å². The van der Waals surface area contributed by atoms with Crippen molar-refractivity contribution in [3.8, 4) is 5.88 Å². The molecule has 150 valence electrons. The Hall–Kier alpha value is -1.69. The highest BCUT2D eigenvalue weighted by molar-refractivity contribution is 14.0. The molecule has 0 spiro atoms. The number of aliphatic imine (C=N–C) groups is 1. The molecule has 0 aromatic carbocycles. The van der Waals surface area contributed by atoms with Gasteiger partial charge in [0.1, 0.15) is 10.8 Å². The summed E-state index contributed by atoms with van der Waals surface area (Å²) in [5, 5.41) is 5.97. The number of aromatic nitrogens is 1. The van der Waals surface area contributed by atoms with E-state index in [4.69, 9.17) is 20.8 Å². The third-order valence-electron chi connectivity index (χ3n) is 3.22. The Morgan fingerprint density at radius 1 is 1.37 bits per heavy atom. The van der Waals surface area contributed by atoms with Crippen LogP contribution in [0, 0.1) is 0 Å². The van der Waals surface area contributed by atoms with Crippen LogP contribution in [0.25, 0.3) is 0 Å². The molecule has 0 aliphatic rings.